The standard InChI is InChI=1S/C10H16N2O/c1-7(2)9(4)10(13)12-6-8(3)5-11/h8H,6H2,1-4H3,(H,12,13). The molecule has 13 heavy (non-hydrogen) atoms. The second-order valence-corrected chi connectivity index (χ2v) is 3.37. The van der Waals surface area contributed by atoms with Gasteiger partial charge < -0.3 is 5.32 Å². The fourth-order valence-corrected chi connectivity index (χ4v) is 0.651. The molecule has 0 fully saturated rings. The molecule has 0 aromatic rings. The molecule has 0 aromatic carbocycles. The summed E-state index contributed by atoms with van der Waals surface area (Å²) in [6.07, 6.45) is 0. The van der Waals surface area contributed by atoms with Gasteiger partial charge in [-0.15, -0.1) is 0 Å². The van der Waals surface area contributed by atoms with Gasteiger partial charge in [-0.2, -0.15) is 5.26 Å². The maximum Gasteiger partial charge on any atom is 0.246 e. The molecule has 3 nitrogen and oxygen atoms in total. The van der Waals surface area contributed by atoms with E-state index in [1.54, 1.807) is 13.8 Å². The van der Waals surface area contributed by atoms with Crippen LogP contribution >= 0.6 is 0 Å². The molecule has 0 spiro atoms. The Morgan fingerprint density at radius 3 is 2.38 bits per heavy atom. The van der Waals surface area contributed by atoms with E-state index in [0.717, 1.165) is 11.1 Å². The molecule has 1 amide bonds. The first kappa shape index (κ1) is 11.7. The van der Waals surface area contributed by atoms with Crippen LogP contribution in [0.3, 0.4) is 0 Å². The van der Waals surface area contributed by atoms with Crippen molar-refractivity contribution in [2.24, 2.45) is 5.92 Å². The predicted molar refractivity (Wildman–Crippen MR) is 51.8 cm³/mol. The van der Waals surface area contributed by atoms with Gasteiger partial charge in [0.25, 0.3) is 0 Å². The molecule has 0 aliphatic carbocycles. The Bertz CT molecular complexity index is 257. The minimum Gasteiger partial charge on any atom is -0.351 e. The Labute approximate surface area is 79.4 Å². The molecule has 1 unspecified atom stereocenters. The first-order valence-electron chi connectivity index (χ1n) is 4.31. The fourth-order valence-electron chi connectivity index (χ4n) is 0.651. The SMILES string of the molecule is CC(C)=C(C)C(=O)NCC(C)C#N. The van der Waals surface area contributed by atoms with E-state index in [0.29, 0.717) is 6.54 Å². The van der Waals surface area contributed by atoms with Gasteiger partial charge in [-0.05, 0) is 27.7 Å². The molecule has 0 saturated heterocycles. The third-order valence-corrected chi connectivity index (χ3v) is 1.88. The van der Waals surface area contributed by atoms with Crippen LogP contribution in [0.4, 0.5) is 0 Å². The number of carbonyl (C=O) groups excluding carboxylic acids is 1. The van der Waals surface area contributed by atoms with Crippen molar-refractivity contribution in [3.8, 4) is 6.07 Å². The summed E-state index contributed by atoms with van der Waals surface area (Å²) in [6.45, 7) is 7.76. The molecular formula is C10H16N2O. The second kappa shape index (κ2) is 5.36. The Morgan fingerprint density at radius 2 is 2.00 bits per heavy atom. The summed E-state index contributed by atoms with van der Waals surface area (Å²) in [5.41, 5.74) is 1.73. The Hall–Kier alpha value is -1.30. The zero-order chi connectivity index (χ0) is 10.4. The number of hydrogen-bond donors (Lipinski definition) is 1. The molecule has 72 valence electrons. The number of hydrogen-bond acceptors (Lipinski definition) is 2. The fraction of sp³-hybridized carbons (Fsp3) is 0.600. The maximum absolute atomic E-state index is 11.3. The molecule has 0 saturated carbocycles. The van der Waals surface area contributed by atoms with Crippen LogP contribution in [-0.4, -0.2) is 12.5 Å². The van der Waals surface area contributed by atoms with E-state index in [9.17, 15) is 4.79 Å². The third-order valence-electron chi connectivity index (χ3n) is 1.88. The van der Waals surface area contributed by atoms with E-state index >= 15 is 0 Å². The summed E-state index contributed by atoms with van der Waals surface area (Å²) in [5.74, 6) is -0.212. The van der Waals surface area contributed by atoms with Crippen LogP contribution in [0.5, 0.6) is 0 Å². The van der Waals surface area contributed by atoms with Crippen molar-refractivity contribution in [2.75, 3.05) is 6.54 Å². The molecule has 1 atom stereocenters. The highest BCUT2D eigenvalue weighted by atomic mass is 16.1. The average molecular weight is 180 g/mol. The van der Waals surface area contributed by atoms with Gasteiger partial charge in [-0.1, -0.05) is 5.57 Å². The largest absolute Gasteiger partial charge is 0.351 e. The highest BCUT2D eigenvalue weighted by molar-refractivity contribution is 5.93. The summed E-state index contributed by atoms with van der Waals surface area (Å²) in [7, 11) is 0. The van der Waals surface area contributed by atoms with Crippen LogP contribution in [0.1, 0.15) is 27.7 Å². The van der Waals surface area contributed by atoms with Crippen molar-refractivity contribution in [3.63, 3.8) is 0 Å². The number of allylic oxidation sites excluding steroid dienone is 1. The van der Waals surface area contributed by atoms with E-state index in [-0.39, 0.29) is 11.8 Å². The lowest BCUT2D eigenvalue weighted by atomic mass is 10.1. The van der Waals surface area contributed by atoms with Crippen LogP contribution in [0, 0.1) is 17.2 Å². The highest BCUT2D eigenvalue weighted by Gasteiger charge is 2.06. The van der Waals surface area contributed by atoms with Crippen LogP contribution in [0.15, 0.2) is 11.1 Å². The monoisotopic (exact) mass is 180 g/mol. The van der Waals surface area contributed by atoms with Crippen molar-refractivity contribution in [2.45, 2.75) is 27.7 Å². The van der Waals surface area contributed by atoms with Gasteiger partial charge in [0, 0.05) is 12.1 Å². The molecule has 0 radical (unpaired) electrons. The normalized spacial score (nSPS) is 11.3. The van der Waals surface area contributed by atoms with Crippen molar-refractivity contribution < 1.29 is 4.79 Å². The van der Waals surface area contributed by atoms with E-state index in [1.807, 2.05) is 13.8 Å². The van der Waals surface area contributed by atoms with Gasteiger partial charge in [0.1, 0.15) is 0 Å². The number of amides is 1. The topological polar surface area (TPSA) is 52.9 Å². The summed E-state index contributed by atoms with van der Waals surface area (Å²) >= 11 is 0. The third kappa shape index (κ3) is 4.32. The average Bonchev–Trinajstić information content (AvgIpc) is 2.11. The van der Waals surface area contributed by atoms with Gasteiger partial charge in [-0.25, -0.2) is 0 Å². The van der Waals surface area contributed by atoms with Crippen molar-refractivity contribution in [3.05, 3.63) is 11.1 Å². The van der Waals surface area contributed by atoms with Gasteiger partial charge >= 0.3 is 0 Å². The summed E-state index contributed by atoms with van der Waals surface area (Å²) in [4.78, 5) is 11.3. The molecule has 0 aliphatic heterocycles. The molecule has 1 N–H and O–H groups in total. The summed E-state index contributed by atoms with van der Waals surface area (Å²) in [6, 6.07) is 2.06. The van der Waals surface area contributed by atoms with Crippen molar-refractivity contribution >= 4 is 5.91 Å². The second-order valence-electron chi connectivity index (χ2n) is 3.37. The Balaban J connectivity index is 4.06. The number of nitriles is 1. The van der Waals surface area contributed by atoms with E-state index in [4.69, 9.17) is 5.26 Å². The lowest BCUT2D eigenvalue weighted by Crippen LogP contribution is -2.28. The molecule has 0 aliphatic rings. The lowest BCUT2D eigenvalue weighted by molar-refractivity contribution is -0.117. The smallest absolute Gasteiger partial charge is 0.246 e. The van der Waals surface area contributed by atoms with Crippen LogP contribution in [0.2, 0.25) is 0 Å². The van der Waals surface area contributed by atoms with E-state index in [1.165, 1.54) is 0 Å². The first-order chi connectivity index (χ1) is 5.99. The predicted octanol–water partition coefficient (Wildman–Crippen LogP) is 1.62. The number of rotatable bonds is 3. The number of carbonyl (C=O) groups is 1. The molecule has 0 heterocycles. The number of nitrogens with one attached hydrogen (secondary N) is 1. The maximum atomic E-state index is 11.3. The quantitative estimate of drug-likeness (QED) is 0.671. The van der Waals surface area contributed by atoms with Crippen molar-refractivity contribution in [1.29, 1.82) is 5.26 Å². The van der Waals surface area contributed by atoms with Crippen LogP contribution in [0.25, 0.3) is 0 Å². The van der Waals surface area contributed by atoms with Gasteiger partial charge in [0.15, 0.2) is 0 Å². The molecule has 0 bridgehead atoms. The van der Waals surface area contributed by atoms with Crippen molar-refractivity contribution in [1.82, 2.24) is 5.32 Å². The highest BCUT2D eigenvalue weighted by Crippen LogP contribution is 2.01. The molecule has 0 rings (SSSR count). The molecular weight excluding hydrogens is 164 g/mol. The first-order valence-corrected chi connectivity index (χ1v) is 4.31. The molecule has 0 aromatic heterocycles. The molecule has 3 heteroatoms. The zero-order valence-electron chi connectivity index (χ0n) is 8.64. The minimum absolute atomic E-state index is 0.0814. The van der Waals surface area contributed by atoms with Gasteiger partial charge in [-0.3, -0.25) is 4.79 Å². The summed E-state index contributed by atoms with van der Waals surface area (Å²) < 4.78 is 0. The zero-order valence-corrected chi connectivity index (χ0v) is 8.64. The van der Waals surface area contributed by atoms with Gasteiger partial charge in [0.2, 0.25) is 5.91 Å². The Morgan fingerprint density at radius 1 is 1.46 bits per heavy atom. The van der Waals surface area contributed by atoms with E-state index < -0.39 is 0 Å². The van der Waals surface area contributed by atoms with Crippen LogP contribution < -0.4 is 5.32 Å². The Kier molecular flexibility index (Phi) is 4.83. The number of nitrogens with zero attached hydrogens (tertiary/aromatic N) is 1. The van der Waals surface area contributed by atoms with Crippen LogP contribution in [-0.2, 0) is 4.79 Å². The summed E-state index contributed by atoms with van der Waals surface area (Å²) in [5, 5.41) is 11.2. The van der Waals surface area contributed by atoms with Gasteiger partial charge in [0.05, 0.1) is 12.0 Å². The van der Waals surface area contributed by atoms with E-state index in [2.05, 4.69) is 11.4 Å². The lowest BCUT2D eigenvalue weighted by Gasteiger charge is -2.07. The minimum atomic E-state index is -0.131.